The summed E-state index contributed by atoms with van der Waals surface area (Å²) in [6.07, 6.45) is -0.483. The molecule has 2 aromatic carbocycles. The number of benzene rings is 2. The Morgan fingerprint density at radius 3 is 2.25 bits per heavy atom. The molecule has 0 amide bonds. The van der Waals surface area contributed by atoms with Gasteiger partial charge in [0.2, 0.25) is 0 Å². The lowest BCUT2D eigenvalue weighted by molar-refractivity contribution is 0.0892. The van der Waals surface area contributed by atoms with Crippen LogP contribution in [-0.2, 0) is 0 Å². The van der Waals surface area contributed by atoms with Crippen molar-refractivity contribution in [2.24, 2.45) is 0 Å². The molecule has 2 aromatic rings. The molecule has 0 aliphatic heterocycles. The van der Waals surface area contributed by atoms with Gasteiger partial charge < -0.3 is 0 Å². The first-order chi connectivity index (χ1) is 9.49. The highest BCUT2D eigenvalue weighted by atomic mass is 19.1. The third kappa shape index (κ3) is 2.96. The van der Waals surface area contributed by atoms with E-state index in [2.05, 4.69) is 0 Å². The third-order valence-corrected chi connectivity index (χ3v) is 2.97. The van der Waals surface area contributed by atoms with Crippen LogP contribution in [0.1, 0.15) is 32.7 Å². The molecule has 0 atom stereocenters. The molecule has 2 nitrogen and oxygen atoms in total. The van der Waals surface area contributed by atoms with E-state index >= 15 is 0 Å². The molecule has 0 unspecified atom stereocenters. The highest BCUT2D eigenvalue weighted by Gasteiger charge is 2.18. The lowest BCUT2D eigenvalue weighted by Crippen LogP contribution is -2.11. The smallest absolute Gasteiger partial charge is 0.173 e. The minimum absolute atomic E-state index is 0.119. The standard InChI is InChI=1S/C16H12F2O2/c1-10-7-14(18)12(8-13(10)17)16(20)9-15(19)11-5-3-2-4-6-11/h2-8H,9H2,1H3. The zero-order valence-corrected chi connectivity index (χ0v) is 10.8. The van der Waals surface area contributed by atoms with Gasteiger partial charge in [0.05, 0.1) is 12.0 Å². The number of hydrogen-bond donors (Lipinski definition) is 0. The summed E-state index contributed by atoms with van der Waals surface area (Å²) in [5, 5.41) is 0. The van der Waals surface area contributed by atoms with Crippen LogP contribution in [0.4, 0.5) is 8.78 Å². The molecule has 0 saturated heterocycles. The van der Waals surface area contributed by atoms with Crippen LogP contribution in [0.15, 0.2) is 42.5 Å². The summed E-state index contributed by atoms with van der Waals surface area (Å²) in [5.74, 6) is -2.62. The Bertz CT molecular complexity index is 664. The number of Topliss-reactive ketones (excluding diaryl/α,β-unsaturated/α-hetero) is 2. The molecule has 4 heteroatoms. The lowest BCUT2D eigenvalue weighted by Gasteiger charge is -2.05. The molecule has 0 saturated carbocycles. The fourth-order valence-electron chi connectivity index (χ4n) is 1.83. The number of halogens is 2. The second-order valence-corrected chi connectivity index (χ2v) is 4.47. The summed E-state index contributed by atoms with van der Waals surface area (Å²) in [4.78, 5) is 23.7. The maximum absolute atomic E-state index is 13.6. The Labute approximate surface area is 115 Å². The van der Waals surface area contributed by atoms with E-state index < -0.39 is 35.2 Å². The van der Waals surface area contributed by atoms with Crippen LogP contribution < -0.4 is 0 Å². The predicted molar refractivity (Wildman–Crippen MR) is 70.8 cm³/mol. The molecule has 0 radical (unpaired) electrons. The van der Waals surface area contributed by atoms with Crippen LogP contribution in [0.3, 0.4) is 0 Å². The van der Waals surface area contributed by atoms with E-state index in [1.54, 1.807) is 30.3 Å². The van der Waals surface area contributed by atoms with Crippen molar-refractivity contribution in [1.29, 1.82) is 0 Å². The molecule has 0 heterocycles. The fourth-order valence-corrected chi connectivity index (χ4v) is 1.83. The van der Waals surface area contributed by atoms with Crippen LogP contribution in [0.5, 0.6) is 0 Å². The van der Waals surface area contributed by atoms with Gasteiger partial charge in [-0.1, -0.05) is 30.3 Å². The molecule has 2 rings (SSSR count). The summed E-state index contributed by atoms with van der Waals surface area (Å²) < 4.78 is 27.0. The van der Waals surface area contributed by atoms with Gasteiger partial charge in [-0.15, -0.1) is 0 Å². The Morgan fingerprint density at radius 1 is 0.950 bits per heavy atom. The normalized spacial score (nSPS) is 10.3. The molecule has 0 N–H and O–H groups in total. The zero-order chi connectivity index (χ0) is 14.7. The fraction of sp³-hybridized carbons (Fsp3) is 0.125. The van der Waals surface area contributed by atoms with E-state index in [1.807, 2.05) is 0 Å². The van der Waals surface area contributed by atoms with Crippen LogP contribution in [0.25, 0.3) is 0 Å². The molecule has 20 heavy (non-hydrogen) atoms. The highest BCUT2D eigenvalue weighted by Crippen LogP contribution is 2.17. The van der Waals surface area contributed by atoms with Gasteiger partial charge in [-0.05, 0) is 24.6 Å². The third-order valence-electron chi connectivity index (χ3n) is 2.97. The second-order valence-electron chi connectivity index (χ2n) is 4.47. The number of aryl methyl sites for hydroxylation is 1. The van der Waals surface area contributed by atoms with Gasteiger partial charge in [-0.2, -0.15) is 0 Å². The average molecular weight is 274 g/mol. The summed E-state index contributed by atoms with van der Waals surface area (Å²) >= 11 is 0. The largest absolute Gasteiger partial charge is 0.294 e. The van der Waals surface area contributed by atoms with Crippen molar-refractivity contribution in [3.05, 3.63) is 70.8 Å². The maximum atomic E-state index is 13.6. The van der Waals surface area contributed by atoms with E-state index in [4.69, 9.17) is 0 Å². The molecule has 0 aliphatic rings. The average Bonchev–Trinajstić information content (AvgIpc) is 2.43. The van der Waals surface area contributed by atoms with Gasteiger partial charge in [-0.25, -0.2) is 8.78 Å². The summed E-state index contributed by atoms with van der Waals surface area (Å²) in [6, 6.07) is 10.0. The van der Waals surface area contributed by atoms with Gasteiger partial charge in [0, 0.05) is 5.56 Å². The van der Waals surface area contributed by atoms with Crippen molar-refractivity contribution < 1.29 is 18.4 Å². The Kier molecular flexibility index (Phi) is 4.03. The number of hydrogen-bond acceptors (Lipinski definition) is 2. The monoisotopic (exact) mass is 274 g/mol. The quantitative estimate of drug-likeness (QED) is 0.629. The van der Waals surface area contributed by atoms with Gasteiger partial charge in [-0.3, -0.25) is 9.59 Å². The Balaban J connectivity index is 2.21. The predicted octanol–water partition coefficient (Wildman–Crippen LogP) is 3.73. The van der Waals surface area contributed by atoms with Crippen LogP contribution in [-0.4, -0.2) is 11.6 Å². The SMILES string of the molecule is Cc1cc(F)c(C(=O)CC(=O)c2ccccc2)cc1F. The molecular weight excluding hydrogens is 262 g/mol. The second kappa shape index (κ2) is 5.74. The van der Waals surface area contributed by atoms with Crippen molar-refractivity contribution >= 4 is 11.6 Å². The van der Waals surface area contributed by atoms with Crippen molar-refractivity contribution in [2.75, 3.05) is 0 Å². The first-order valence-electron chi connectivity index (χ1n) is 6.06. The topological polar surface area (TPSA) is 34.1 Å². The number of ketones is 2. The highest BCUT2D eigenvalue weighted by molar-refractivity contribution is 6.13. The van der Waals surface area contributed by atoms with E-state index in [-0.39, 0.29) is 5.56 Å². The first-order valence-corrected chi connectivity index (χ1v) is 6.06. The Morgan fingerprint density at radius 2 is 1.60 bits per heavy atom. The van der Waals surface area contributed by atoms with Crippen LogP contribution >= 0.6 is 0 Å². The molecule has 0 aromatic heterocycles. The van der Waals surface area contributed by atoms with Gasteiger partial charge in [0.15, 0.2) is 11.6 Å². The van der Waals surface area contributed by atoms with Crippen LogP contribution in [0.2, 0.25) is 0 Å². The lowest BCUT2D eigenvalue weighted by atomic mass is 10.00. The van der Waals surface area contributed by atoms with Gasteiger partial charge >= 0.3 is 0 Å². The van der Waals surface area contributed by atoms with Crippen molar-refractivity contribution in [3.63, 3.8) is 0 Å². The molecule has 102 valence electrons. The molecule has 0 fully saturated rings. The zero-order valence-electron chi connectivity index (χ0n) is 10.8. The minimum Gasteiger partial charge on any atom is -0.294 e. The first kappa shape index (κ1) is 14.1. The van der Waals surface area contributed by atoms with E-state index in [1.165, 1.54) is 6.92 Å². The summed E-state index contributed by atoms with van der Waals surface area (Å²) in [6.45, 7) is 1.40. The maximum Gasteiger partial charge on any atom is 0.173 e. The molecule has 0 bridgehead atoms. The molecule has 0 aliphatic carbocycles. The van der Waals surface area contributed by atoms with Gasteiger partial charge in [0.25, 0.3) is 0 Å². The van der Waals surface area contributed by atoms with E-state index in [0.29, 0.717) is 5.56 Å². The summed E-state index contributed by atoms with van der Waals surface area (Å²) in [7, 11) is 0. The van der Waals surface area contributed by atoms with E-state index in [9.17, 15) is 18.4 Å². The summed E-state index contributed by atoms with van der Waals surface area (Å²) in [5.41, 5.74) is 0.0969. The number of rotatable bonds is 4. The minimum atomic E-state index is -0.810. The number of carbonyl (C=O) groups is 2. The molecular formula is C16H12F2O2. The van der Waals surface area contributed by atoms with Gasteiger partial charge in [0.1, 0.15) is 11.6 Å². The van der Waals surface area contributed by atoms with Crippen LogP contribution in [0, 0.1) is 18.6 Å². The van der Waals surface area contributed by atoms with Crippen molar-refractivity contribution in [2.45, 2.75) is 13.3 Å². The number of carbonyl (C=O) groups excluding carboxylic acids is 2. The Hall–Kier alpha value is -2.36. The van der Waals surface area contributed by atoms with Crippen molar-refractivity contribution in [1.82, 2.24) is 0 Å². The van der Waals surface area contributed by atoms with Crippen molar-refractivity contribution in [3.8, 4) is 0 Å². The molecule has 0 spiro atoms. The van der Waals surface area contributed by atoms with E-state index in [0.717, 1.165) is 12.1 Å².